The number of nitrogens with zero attached hydrogens (tertiary/aromatic N) is 2. The lowest BCUT2D eigenvalue weighted by molar-refractivity contribution is 0.0806. The fourth-order valence-corrected chi connectivity index (χ4v) is 1.93. The van der Waals surface area contributed by atoms with E-state index in [0.29, 0.717) is 17.9 Å². The average molecular weight is 250 g/mol. The molecule has 0 bridgehead atoms. The molecule has 5 heteroatoms. The second kappa shape index (κ2) is 6.11. The zero-order chi connectivity index (χ0) is 13.0. The first-order chi connectivity index (χ1) is 8.65. The minimum atomic E-state index is 0.338. The number of rotatable bonds is 4. The summed E-state index contributed by atoms with van der Waals surface area (Å²) in [5.74, 6) is 1.13. The van der Waals surface area contributed by atoms with Crippen molar-refractivity contribution in [2.45, 2.75) is 32.7 Å². The maximum atomic E-state index is 5.41. The Morgan fingerprint density at radius 1 is 1.50 bits per heavy atom. The first-order valence-corrected chi connectivity index (χ1v) is 6.55. The van der Waals surface area contributed by atoms with E-state index in [1.165, 1.54) is 0 Å². The molecular weight excluding hydrogens is 228 g/mol. The molecular formula is C13H22N4O. The van der Waals surface area contributed by atoms with Crippen LogP contribution < -0.4 is 10.6 Å². The lowest BCUT2D eigenvalue weighted by Crippen LogP contribution is -2.45. The Morgan fingerprint density at radius 3 is 3.00 bits per heavy atom. The lowest BCUT2D eigenvalue weighted by Gasteiger charge is -2.24. The smallest absolute Gasteiger partial charge is 0.223 e. The van der Waals surface area contributed by atoms with Gasteiger partial charge in [0.15, 0.2) is 0 Å². The molecule has 100 valence electrons. The Hall–Kier alpha value is -1.20. The van der Waals surface area contributed by atoms with Gasteiger partial charge in [0.25, 0.3) is 0 Å². The van der Waals surface area contributed by atoms with Gasteiger partial charge < -0.3 is 15.4 Å². The third-order valence-electron chi connectivity index (χ3n) is 2.97. The summed E-state index contributed by atoms with van der Waals surface area (Å²) in [6, 6.07) is 2.38. The number of aryl methyl sites for hydroxylation is 1. The summed E-state index contributed by atoms with van der Waals surface area (Å²) in [6.45, 7) is 9.54. The highest BCUT2D eigenvalue weighted by atomic mass is 16.5. The monoisotopic (exact) mass is 250 g/mol. The summed E-state index contributed by atoms with van der Waals surface area (Å²) in [5.41, 5.74) is 2.09. The van der Waals surface area contributed by atoms with Gasteiger partial charge in [0.05, 0.1) is 13.2 Å². The third-order valence-corrected chi connectivity index (χ3v) is 2.97. The van der Waals surface area contributed by atoms with Crippen molar-refractivity contribution in [3.05, 3.63) is 17.5 Å². The Kier molecular flexibility index (Phi) is 4.49. The van der Waals surface area contributed by atoms with E-state index in [0.717, 1.165) is 37.7 Å². The normalized spacial score (nSPS) is 20.1. The highest BCUT2D eigenvalue weighted by Gasteiger charge is 2.13. The number of ether oxygens (including phenoxy) is 1. The summed E-state index contributed by atoms with van der Waals surface area (Å²) in [5, 5.41) is 6.68. The topological polar surface area (TPSA) is 59.1 Å². The molecule has 1 atom stereocenters. The van der Waals surface area contributed by atoms with Crippen molar-refractivity contribution in [1.29, 1.82) is 0 Å². The van der Waals surface area contributed by atoms with Crippen LogP contribution in [0, 0.1) is 6.92 Å². The van der Waals surface area contributed by atoms with E-state index in [1.54, 1.807) is 0 Å². The molecule has 2 heterocycles. The van der Waals surface area contributed by atoms with Crippen LogP contribution in [-0.2, 0) is 4.74 Å². The zero-order valence-corrected chi connectivity index (χ0v) is 11.4. The van der Waals surface area contributed by atoms with Crippen molar-refractivity contribution < 1.29 is 4.74 Å². The number of aromatic nitrogens is 2. The van der Waals surface area contributed by atoms with E-state index in [1.807, 2.05) is 13.0 Å². The molecule has 5 nitrogen and oxygen atoms in total. The molecule has 2 rings (SSSR count). The standard InChI is InChI=1S/C13H22N4O/c1-9(2)12-6-10(3)16-13(17-12)15-7-11-8-18-5-4-14-11/h6,9,11,14H,4-5,7-8H2,1-3H3,(H,15,16,17). The number of morpholine rings is 1. The molecule has 0 amide bonds. The van der Waals surface area contributed by atoms with Crippen LogP contribution in [0.4, 0.5) is 5.95 Å². The van der Waals surface area contributed by atoms with Crippen molar-refractivity contribution in [2.24, 2.45) is 0 Å². The summed E-state index contributed by atoms with van der Waals surface area (Å²) in [7, 11) is 0. The Labute approximate surface area is 108 Å². The average Bonchev–Trinajstić information content (AvgIpc) is 2.37. The van der Waals surface area contributed by atoms with Crippen LogP contribution in [0.15, 0.2) is 6.07 Å². The zero-order valence-electron chi connectivity index (χ0n) is 11.4. The third kappa shape index (κ3) is 3.65. The van der Waals surface area contributed by atoms with E-state index >= 15 is 0 Å². The molecule has 1 unspecified atom stereocenters. The summed E-state index contributed by atoms with van der Waals surface area (Å²) in [6.07, 6.45) is 0. The van der Waals surface area contributed by atoms with Crippen LogP contribution in [0.5, 0.6) is 0 Å². The molecule has 1 aliphatic heterocycles. The van der Waals surface area contributed by atoms with Gasteiger partial charge in [-0.2, -0.15) is 0 Å². The highest BCUT2D eigenvalue weighted by molar-refractivity contribution is 5.29. The quantitative estimate of drug-likeness (QED) is 0.843. The van der Waals surface area contributed by atoms with E-state index < -0.39 is 0 Å². The molecule has 18 heavy (non-hydrogen) atoms. The molecule has 0 aromatic carbocycles. The fraction of sp³-hybridized carbons (Fsp3) is 0.692. The van der Waals surface area contributed by atoms with Gasteiger partial charge in [-0.15, -0.1) is 0 Å². The number of hydrogen-bond acceptors (Lipinski definition) is 5. The first kappa shape index (κ1) is 13.2. The van der Waals surface area contributed by atoms with Gasteiger partial charge >= 0.3 is 0 Å². The van der Waals surface area contributed by atoms with Crippen LogP contribution in [0.25, 0.3) is 0 Å². The van der Waals surface area contributed by atoms with E-state index in [4.69, 9.17) is 4.74 Å². The Bertz CT molecular complexity index is 389. The lowest BCUT2D eigenvalue weighted by atomic mass is 10.1. The Morgan fingerprint density at radius 2 is 2.33 bits per heavy atom. The van der Waals surface area contributed by atoms with Crippen LogP contribution in [0.3, 0.4) is 0 Å². The summed E-state index contributed by atoms with van der Waals surface area (Å²) in [4.78, 5) is 8.94. The van der Waals surface area contributed by atoms with Gasteiger partial charge in [-0.3, -0.25) is 0 Å². The molecule has 0 aliphatic carbocycles. The van der Waals surface area contributed by atoms with Gasteiger partial charge in [-0.1, -0.05) is 13.8 Å². The molecule has 0 radical (unpaired) electrons. The minimum Gasteiger partial charge on any atom is -0.378 e. The highest BCUT2D eigenvalue weighted by Crippen LogP contribution is 2.14. The maximum Gasteiger partial charge on any atom is 0.223 e. The van der Waals surface area contributed by atoms with Gasteiger partial charge in [0.1, 0.15) is 0 Å². The van der Waals surface area contributed by atoms with Crippen molar-refractivity contribution in [3.63, 3.8) is 0 Å². The van der Waals surface area contributed by atoms with Crippen molar-refractivity contribution in [3.8, 4) is 0 Å². The molecule has 1 saturated heterocycles. The predicted octanol–water partition coefficient (Wildman–Crippen LogP) is 1.31. The molecule has 1 aromatic rings. The van der Waals surface area contributed by atoms with Gasteiger partial charge in [0, 0.05) is 30.5 Å². The predicted molar refractivity (Wildman–Crippen MR) is 72.0 cm³/mol. The largest absolute Gasteiger partial charge is 0.378 e. The maximum absolute atomic E-state index is 5.41. The molecule has 2 N–H and O–H groups in total. The van der Waals surface area contributed by atoms with E-state index in [9.17, 15) is 0 Å². The fourth-order valence-electron chi connectivity index (χ4n) is 1.93. The second-order valence-electron chi connectivity index (χ2n) is 5.02. The molecule has 1 aromatic heterocycles. The van der Waals surface area contributed by atoms with E-state index in [-0.39, 0.29) is 0 Å². The first-order valence-electron chi connectivity index (χ1n) is 6.55. The van der Waals surface area contributed by atoms with Crippen LogP contribution in [-0.4, -0.2) is 42.3 Å². The Balaban J connectivity index is 1.95. The van der Waals surface area contributed by atoms with Crippen molar-refractivity contribution >= 4 is 5.95 Å². The van der Waals surface area contributed by atoms with Crippen molar-refractivity contribution in [1.82, 2.24) is 15.3 Å². The summed E-state index contributed by atoms with van der Waals surface area (Å²) >= 11 is 0. The summed E-state index contributed by atoms with van der Waals surface area (Å²) < 4.78 is 5.41. The van der Waals surface area contributed by atoms with Gasteiger partial charge in [-0.05, 0) is 18.9 Å². The molecule has 1 aliphatic rings. The van der Waals surface area contributed by atoms with Gasteiger partial charge in [-0.25, -0.2) is 9.97 Å². The van der Waals surface area contributed by atoms with E-state index in [2.05, 4.69) is 34.4 Å². The SMILES string of the molecule is Cc1cc(C(C)C)nc(NCC2COCCN2)n1. The van der Waals surface area contributed by atoms with Crippen LogP contribution >= 0.6 is 0 Å². The molecule has 0 saturated carbocycles. The minimum absolute atomic E-state index is 0.338. The van der Waals surface area contributed by atoms with Crippen LogP contribution in [0.1, 0.15) is 31.2 Å². The van der Waals surface area contributed by atoms with Crippen LogP contribution in [0.2, 0.25) is 0 Å². The molecule has 0 spiro atoms. The van der Waals surface area contributed by atoms with Crippen molar-refractivity contribution in [2.75, 3.05) is 31.6 Å². The van der Waals surface area contributed by atoms with Gasteiger partial charge in [0.2, 0.25) is 5.95 Å². The number of anilines is 1. The second-order valence-corrected chi connectivity index (χ2v) is 5.02. The number of nitrogens with one attached hydrogen (secondary N) is 2. The molecule has 1 fully saturated rings. The number of hydrogen-bond donors (Lipinski definition) is 2.